The third kappa shape index (κ3) is 7.92. The van der Waals surface area contributed by atoms with Gasteiger partial charge in [0.25, 0.3) is 10.0 Å². The Labute approximate surface area is 257 Å². The van der Waals surface area contributed by atoms with Gasteiger partial charge in [-0.25, -0.2) is 8.42 Å². The van der Waals surface area contributed by atoms with Crippen LogP contribution in [-0.2, 0) is 26.2 Å². The van der Waals surface area contributed by atoms with Gasteiger partial charge in [-0.05, 0) is 87.7 Å². The van der Waals surface area contributed by atoms with Gasteiger partial charge >= 0.3 is 0 Å². The van der Waals surface area contributed by atoms with E-state index in [-0.39, 0.29) is 23.4 Å². The Kier molecular flexibility index (Phi) is 10.7. The maximum atomic E-state index is 14.1. The molecule has 1 N–H and O–H groups in total. The summed E-state index contributed by atoms with van der Waals surface area (Å²) in [5, 5.41) is 3.09. The summed E-state index contributed by atoms with van der Waals surface area (Å²) >= 11 is 3.35. The summed E-state index contributed by atoms with van der Waals surface area (Å²) < 4.78 is 35.3. The van der Waals surface area contributed by atoms with Crippen LogP contribution in [0.25, 0.3) is 0 Å². The molecule has 42 heavy (non-hydrogen) atoms. The van der Waals surface area contributed by atoms with Gasteiger partial charge in [0.15, 0.2) is 0 Å². The lowest BCUT2D eigenvalue weighted by atomic mass is 10.1. The quantitative estimate of drug-likeness (QED) is 0.265. The Hall–Kier alpha value is -3.37. The molecule has 0 spiro atoms. The molecular weight excluding hydrogens is 618 g/mol. The molecule has 1 aliphatic rings. The molecule has 1 aliphatic carbocycles. The van der Waals surface area contributed by atoms with Crippen molar-refractivity contribution < 1.29 is 22.7 Å². The van der Waals surface area contributed by atoms with Crippen molar-refractivity contribution in [3.63, 3.8) is 0 Å². The summed E-state index contributed by atoms with van der Waals surface area (Å²) in [5.74, 6) is -0.142. The predicted octanol–water partition coefficient (Wildman–Crippen LogP) is 5.83. The molecular formula is C32H38BrN3O5S. The Morgan fingerprint density at radius 1 is 0.976 bits per heavy atom. The number of aryl methyl sites for hydroxylation is 1. The molecule has 224 valence electrons. The Bertz CT molecular complexity index is 1460. The molecule has 1 atom stereocenters. The molecule has 0 saturated heterocycles. The van der Waals surface area contributed by atoms with Gasteiger partial charge in [-0.1, -0.05) is 58.6 Å². The molecule has 0 heterocycles. The molecule has 0 aliphatic heterocycles. The van der Waals surface area contributed by atoms with Crippen LogP contribution in [0.15, 0.2) is 82.2 Å². The highest BCUT2D eigenvalue weighted by molar-refractivity contribution is 9.10. The minimum Gasteiger partial charge on any atom is -0.494 e. The summed E-state index contributed by atoms with van der Waals surface area (Å²) in [6.07, 6.45) is 3.97. The molecule has 0 aromatic heterocycles. The lowest BCUT2D eigenvalue weighted by Gasteiger charge is -2.32. The molecule has 1 saturated carbocycles. The average molecular weight is 657 g/mol. The van der Waals surface area contributed by atoms with E-state index in [9.17, 15) is 18.0 Å². The van der Waals surface area contributed by atoms with E-state index in [1.807, 2.05) is 38.1 Å². The van der Waals surface area contributed by atoms with Crippen molar-refractivity contribution in [2.45, 2.75) is 70.0 Å². The standard InChI is InChI=1S/C32H38BrN3O5S/c1-4-41-29-17-15-28(16-18-29)36(42(39,40)30-19-13-26(33)14-20-30)22-31(37)35(21-25-11-9-23(2)10-12-25)24(3)32(38)34-27-7-5-6-8-27/h9-20,24,27H,4-8,21-22H2,1-3H3,(H,34,38)/t24-/m0/s1. The number of rotatable bonds is 12. The van der Waals surface area contributed by atoms with Gasteiger partial charge in [0.2, 0.25) is 11.8 Å². The zero-order valence-electron chi connectivity index (χ0n) is 24.3. The molecule has 10 heteroatoms. The number of amides is 2. The summed E-state index contributed by atoms with van der Waals surface area (Å²) in [5.41, 5.74) is 2.23. The number of carbonyl (C=O) groups is 2. The van der Waals surface area contributed by atoms with Gasteiger partial charge in [0.05, 0.1) is 17.2 Å². The first-order chi connectivity index (χ1) is 20.1. The van der Waals surface area contributed by atoms with Crippen molar-refractivity contribution >= 4 is 43.5 Å². The van der Waals surface area contributed by atoms with E-state index in [1.54, 1.807) is 43.3 Å². The third-order valence-corrected chi connectivity index (χ3v) is 9.78. The molecule has 2 amide bonds. The topological polar surface area (TPSA) is 96.0 Å². The van der Waals surface area contributed by atoms with E-state index in [0.29, 0.717) is 18.0 Å². The summed E-state index contributed by atoms with van der Waals surface area (Å²) in [7, 11) is -4.14. The van der Waals surface area contributed by atoms with Gasteiger partial charge in [-0.15, -0.1) is 0 Å². The Morgan fingerprint density at radius 2 is 1.60 bits per heavy atom. The number of halogens is 1. The first kappa shape index (κ1) is 31.6. The van der Waals surface area contributed by atoms with Gasteiger partial charge in [0, 0.05) is 17.1 Å². The van der Waals surface area contributed by atoms with E-state index in [1.165, 1.54) is 17.0 Å². The third-order valence-electron chi connectivity index (χ3n) is 7.46. The summed E-state index contributed by atoms with van der Waals surface area (Å²) in [6.45, 7) is 5.68. The first-order valence-electron chi connectivity index (χ1n) is 14.2. The van der Waals surface area contributed by atoms with E-state index in [2.05, 4.69) is 21.2 Å². The van der Waals surface area contributed by atoms with Crippen LogP contribution < -0.4 is 14.4 Å². The highest BCUT2D eigenvalue weighted by Crippen LogP contribution is 2.27. The van der Waals surface area contributed by atoms with Crippen LogP contribution in [0.2, 0.25) is 0 Å². The fourth-order valence-electron chi connectivity index (χ4n) is 5.00. The fourth-order valence-corrected chi connectivity index (χ4v) is 6.68. The number of hydrogen-bond acceptors (Lipinski definition) is 5. The highest BCUT2D eigenvalue weighted by Gasteiger charge is 2.33. The molecule has 0 unspecified atom stereocenters. The van der Waals surface area contributed by atoms with Crippen LogP contribution in [-0.4, -0.2) is 50.4 Å². The number of sulfonamides is 1. The second-order valence-electron chi connectivity index (χ2n) is 10.6. The molecule has 8 nitrogen and oxygen atoms in total. The zero-order chi connectivity index (χ0) is 30.3. The number of carbonyl (C=O) groups excluding carboxylic acids is 2. The van der Waals surface area contributed by atoms with Crippen molar-refractivity contribution in [2.75, 3.05) is 17.5 Å². The first-order valence-corrected chi connectivity index (χ1v) is 16.5. The number of nitrogens with one attached hydrogen (secondary N) is 1. The summed E-state index contributed by atoms with van der Waals surface area (Å²) in [6, 6.07) is 19.9. The highest BCUT2D eigenvalue weighted by atomic mass is 79.9. The largest absolute Gasteiger partial charge is 0.494 e. The smallest absolute Gasteiger partial charge is 0.264 e. The van der Waals surface area contributed by atoms with Crippen molar-refractivity contribution in [2.24, 2.45) is 0 Å². The second-order valence-corrected chi connectivity index (χ2v) is 13.3. The number of nitrogens with zero attached hydrogens (tertiary/aromatic N) is 2. The van der Waals surface area contributed by atoms with Crippen LogP contribution in [0.1, 0.15) is 50.7 Å². The Balaban J connectivity index is 1.68. The van der Waals surface area contributed by atoms with Crippen LogP contribution in [0.5, 0.6) is 5.75 Å². The van der Waals surface area contributed by atoms with E-state index in [0.717, 1.165) is 45.6 Å². The van der Waals surface area contributed by atoms with Crippen LogP contribution in [0, 0.1) is 6.92 Å². The van der Waals surface area contributed by atoms with Crippen LogP contribution in [0.3, 0.4) is 0 Å². The number of hydrogen-bond donors (Lipinski definition) is 1. The fraction of sp³-hybridized carbons (Fsp3) is 0.375. The van der Waals surface area contributed by atoms with Crippen LogP contribution in [0.4, 0.5) is 5.69 Å². The number of ether oxygens (including phenoxy) is 1. The van der Waals surface area contributed by atoms with E-state index in [4.69, 9.17) is 4.74 Å². The normalized spacial score (nSPS) is 14.3. The number of benzene rings is 3. The zero-order valence-corrected chi connectivity index (χ0v) is 26.7. The molecule has 0 bridgehead atoms. The minimum atomic E-state index is -4.14. The van der Waals surface area contributed by atoms with E-state index < -0.39 is 28.5 Å². The molecule has 4 rings (SSSR count). The average Bonchev–Trinajstić information content (AvgIpc) is 3.49. The Morgan fingerprint density at radius 3 is 2.19 bits per heavy atom. The SMILES string of the molecule is CCOc1ccc(N(CC(=O)N(Cc2ccc(C)cc2)[C@@H](C)C(=O)NC2CCCC2)S(=O)(=O)c2ccc(Br)cc2)cc1. The van der Waals surface area contributed by atoms with Gasteiger partial charge in [-0.3, -0.25) is 13.9 Å². The van der Waals surface area contributed by atoms with Crippen molar-refractivity contribution in [1.82, 2.24) is 10.2 Å². The predicted molar refractivity (Wildman–Crippen MR) is 168 cm³/mol. The molecule has 1 fully saturated rings. The van der Waals surface area contributed by atoms with Crippen molar-refractivity contribution in [3.05, 3.63) is 88.4 Å². The monoisotopic (exact) mass is 655 g/mol. The number of anilines is 1. The maximum Gasteiger partial charge on any atom is 0.264 e. The molecule has 3 aromatic carbocycles. The minimum absolute atomic E-state index is 0.0458. The van der Waals surface area contributed by atoms with Gasteiger partial charge in [0.1, 0.15) is 18.3 Å². The van der Waals surface area contributed by atoms with E-state index >= 15 is 0 Å². The second kappa shape index (κ2) is 14.2. The maximum absolute atomic E-state index is 14.1. The van der Waals surface area contributed by atoms with Gasteiger partial charge < -0.3 is 15.0 Å². The molecule has 3 aromatic rings. The van der Waals surface area contributed by atoms with Gasteiger partial charge in [-0.2, -0.15) is 0 Å². The lowest BCUT2D eigenvalue weighted by Crippen LogP contribution is -2.52. The summed E-state index contributed by atoms with van der Waals surface area (Å²) in [4.78, 5) is 28.9. The van der Waals surface area contributed by atoms with Crippen LogP contribution >= 0.6 is 15.9 Å². The molecule has 0 radical (unpaired) electrons. The van der Waals surface area contributed by atoms with Crippen molar-refractivity contribution in [3.8, 4) is 5.75 Å². The van der Waals surface area contributed by atoms with Crippen molar-refractivity contribution in [1.29, 1.82) is 0 Å². The lowest BCUT2D eigenvalue weighted by molar-refractivity contribution is -0.139.